The number of H-pyrrole nitrogens is 1. The van der Waals surface area contributed by atoms with E-state index in [-0.39, 0.29) is 10.4 Å². The van der Waals surface area contributed by atoms with Crippen LogP contribution < -0.4 is 5.56 Å². The maximum atomic E-state index is 11.5. The first-order valence-electron chi connectivity index (χ1n) is 5.06. The smallest absolute Gasteiger partial charge is 0.269 e. The van der Waals surface area contributed by atoms with Gasteiger partial charge >= 0.3 is 0 Å². The van der Waals surface area contributed by atoms with Crippen LogP contribution >= 0.6 is 15.9 Å². The van der Waals surface area contributed by atoms with E-state index in [0.717, 1.165) is 16.7 Å². The van der Waals surface area contributed by atoms with Gasteiger partial charge in [0.25, 0.3) is 5.56 Å². The van der Waals surface area contributed by atoms with Crippen LogP contribution in [0.25, 0.3) is 11.4 Å². The van der Waals surface area contributed by atoms with Gasteiger partial charge in [0.05, 0.1) is 0 Å². The summed E-state index contributed by atoms with van der Waals surface area (Å²) in [7, 11) is 0. The number of aromatic hydroxyl groups is 1. The molecule has 0 atom stereocenters. The first-order valence-corrected chi connectivity index (χ1v) is 5.85. The summed E-state index contributed by atoms with van der Waals surface area (Å²) < 4.78 is 0.0477. The number of aromatic amines is 1. The summed E-state index contributed by atoms with van der Waals surface area (Å²) >= 11 is 2.96. The quantitative estimate of drug-likeness (QED) is 0.849. The summed E-state index contributed by atoms with van der Waals surface area (Å²) in [5.74, 6) is 0.0709. The maximum absolute atomic E-state index is 11.5. The third-order valence-electron chi connectivity index (χ3n) is 2.71. The van der Waals surface area contributed by atoms with Gasteiger partial charge in [0, 0.05) is 5.56 Å². The van der Waals surface area contributed by atoms with Crippen molar-refractivity contribution in [3.63, 3.8) is 0 Å². The number of aryl methyl sites for hydroxylation is 1. The van der Waals surface area contributed by atoms with Gasteiger partial charge in [0.1, 0.15) is 10.3 Å². The largest absolute Gasteiger partial charge is 0.492 e. The zero-order valence-corrected chi connectivity index (χ0v) is 11.0. The number of hydrogen-bond donors (Lipinski definition) is 2. The van der Waals surface area contributed by atoms with Crippen molar-refractivity contribution in [1.29, 1.82) is 0 Å². The van der Waals surface area contributed by atoms with E-state index in [1.54, 1.807) is 0 Å². The van der Waals surface area contributed by atoms with E-state index in [9.17, 15) is 9.90 Å². The normalized spacial score (nSPS) is 10.5. The van der Waals surface area contributed by atoms with E-state index in [0.29, 0.717) is 5.82 Å². The average molecular weight is 295 g/mol. The Bertz CT molecular complexity index is 635. The second-order valence-corrected chi connectivity index (χ2v) is 4.59. The molecule has 0 aliphatic rings. The molecule has 0 saturated carbocycles. The Morgan fingerprint density at radius 2 is 2.06 bits per heavy atom. The molecule has 2 aromatic rings. The first kappa shape index (κ1) is 11.9. The summed E-state index contributed by atoms with van der Waals surface area (Å²) in [5, 5.41) is 9.52. The number of rotatable bonds is 1. The second kappa shape index (κ2) is 4.33. The molecule has 1 aromatic carbocycles. The van der Waals surface area contributed by atoms with Crippen molar-refractivity contribution in [3.05, 3.63) is 44.2 Å². The van der Waals surface area contributed by atoms with E-state index < -0.39 is 5.56 Å². The van der Waals surface area contributed by atoms with Gasteiger partial charge in [-0.1, -0.05) is 18.2 Å². The molecular weight excluding hydrogens is 284 g/mol. The van der Waals surface area contributed by atoms with Crippen molar-refractivity contribution in [2.24, 2.45) is 0 Å². The van der Waals surface area contributed by atoms with E-state index in [1.165, 1.54) is 0 Å². The highest BCUT2D eigenvalue weighted by Gasteiger charge is 2.11. The molecule has 0 fully saturated rings. The zero-order valence-electron chi connectivity index (χ0n) is 9.41. The van der Waals surface area contributed by atoms with Crippen LogP contribution in [0.3, 0.4) is 0 Å². The third-order valence-corrected chi connectivity index (χ3v) is 3.42. The number of nitrogens with one attached hydrogen (secondary N) is 1. The summed E-state index contributed by atoms with van der Waals surface area (Å²) in [5.41, 5.74) is 2.54. The third kappa shape index (κ3) is 2.10. The van der Waals surface area contributed by atoms with Crippen molar-refractivity contribution in [3.8, 4) is 17.3 Å². The Balaban J connectivity index is 2.70. The van der Waals surface area contributed by atoms with Crippen molar-refractivity contribution < 1.29 is 5.11 Å². The average Bonchev–Trinajstić information content (AvgIpc) is 2.29. The van der Waals surface area contributed by atoms with E-state index >= 15 is 0 Å². The van der Waals surface area contributed by atoms with Crippen molar-refractivity contribution >= 4 is 15.9 Å². The monoisotopic (exact) mass is 294 g/mol. The highest BCUT2D eigenvalue weighted by Crippen LogP contribution is 2.24. The number of aromatic nitrogens is 2. The van der Waals surface area contributed by atoms with Crippen LogP contribution in [-0.2, 0) is 0 Å². The Labute approximate surface area is 106 Å². The summed E-state index contributed by atoms with van der Waals surface area (Å²) in [4.78, 5) is 18.1. The van der Waals surface area contributed by atoms with Gasteiger partial charge < -0.3 is 10.1 Å². The lowest BCUT2D eigenvalue weighted by molar-refractivity contribution is 0.448. The fourth-order valence-electron chi connectivity index (χ4n) is 1.58. The molecule has 0 aliphatic carbocycles. The lowest BCUT2D eigenvalue weighted by atomic mass is 10.0. The van der Waals surface area contributed by atoms with E-state index in [1.807, 2.05) is 32.0 Å². The molecule has 0 saturated heterocycles. The molecule has 0 amide bonds. The number of halogens is 1. The molecule has 0 unspecified atom stereocenters. The van der Waals surface area contributed by atoms with Gasteiger partial charge in [-0.15, -0.1) is 0 Å². The topological polar surface area (TPSA) is 66.0 Å². The van der Waals surface area contributed by atoms with E-state index in [2.05, 4.69) is 25.9 Å². The lowest BCUT2D eigenvalue weighted by Crippen LogP contribution is -2.10. The van der Waals surface area contributed by atoms with Gasteiger partial charge in [0.2, 0.25) is 5.88 Å². The molecule has 1 heterocycles. The van der Waals surface area contributed by atoms with Crippen LogP contribution in [0.15, 0.2) is 27.5 Å². The fraction of sp³-hybridized carbons (Fsp3) is 0.167. The molecule has 2 N–H and O–H groups in total. The van der Waals surface area contributed by atoms with Crippen LogP contribution in [-0.4, -0.2) is 15.1 Å². The zero-order chi connectivity index (χ0) is 12.6. The number of nitrogens with zero attached hydrogens (tertiary/aromatic N) is 1. The molecule has 0 spiro atoms. The van der Waals surface area contributed by atoms with Crippen LogP contribution in [0.1, 0.15) is 11.1 Å². The van der Waals surface area contributed by atoms with Gasteiger partial charge in [-0.3, -0.25) is 4.79 Å². The molecule has 88 valence electrons. The Hall–Kier alpha value is -1.62. The van der Waals surface area contributed by atoms with Crippen molar-refractivity contribution in [2.45, 2.75) is 13.8 Å². The Morgan fingerprint density at radius 1 is 1.35 bits per heavy atom. The molecular formula is C12H11BrN2O2. The molecule has 5 heteroatoms. The van der Waals surface area contributed by atoms with Crippen LogP contribution in [0.2, 0.25) is 0 Å². The molecule has 0 bridgehead atoms. The Kier molecular flexibility index (Phi) is 3.02. The van der Waals surface area contributed by atoms with Crippen LogP contribution in [0, 0.1) is 13.8 Å². The highest BCUT2D eigenvalue weighted by atomic mass is 79.9. The summed E-state index contributed by atoms with van der Waals surface area (Å²) in [6.07, 6.45) is 0. The van der Waals surface area contributed by atoms with Gasteiger partial charge in [-0.05, 0) is 40.9 Å². The van der Waals surface area contributed by atoms with Crippen LogP contribution in [0.5, 0.6) is 5.88 Å². The second-order valence-electron chi connectivity index (χ2n) is 3.80. The minimum Gasteiger partial charge on any atom is -0.492 e. The SMILES string of the molecule is Cc1cccc(-c2nc(O)c(Br)c(=O)[nH]2)c1C. The molecule has 1 aromatic heterocycles. The molecule has 17 heavy (non-hydrogen) atoms. The number of benzene rings is 1. The minimum atomic E-state index is -0.395. The molecule has 0 radical (unpaired) electrons. The van der Waals surface area contributed by atoms with Crippen molar-refractivity contribution in [2.75, 3.05) is 0 Å². The molecule has 2 rings (SSSR count). The lowest BCUT2D eigenvalue weighted by Gasteiger charge is -2.08. The van der Waals surface area contributed by atoms with Gasteiger partial charge in [-0.25, -0.2) is 0 Å². The Morgan fingerprint density at radius 3 is 2.71 bits per heavy atom. The predicted molar refractivity (Wildman–Crippen MR) is 69.1 cm³/mol. The molecule has 4 nitrogen and oxygen atoms in total. The minimum absolute atomic E-state index is 0.0477. The predicted octanol–water partition coefficient (Wildman–Crippen LogP) is 2.52. The first-order chi connectivity index (χ1) is 8.00. The van der Waals surface area contributed by atoms with Crippen molar-refractivity contribution in [1.82, 2.24) is 9.97 Å². The van der Waals surface area contributed by atoms with Crippen LogP contribution in [0.4, 0.5) is 0 Å². The maximum Gasteiger partial charge on any atom is 0.269 e. The standard InChI is InChI=1S/C12H11BrN2O2/c1-6-4-3-5-8(7(6)2)10-14-11(16)9(13)12(17)15-10/h3-5H,1-2H3,(H2,14,15,16,17). The number of hydrogen-bond acceptors (Lipinski definition) is 3. The highest BCUT2D eigenvalue weighted by molar-refractivity contribution is 9.10. The van der Waals surface area contributed by atoms with E-state index in [4.69, 9.17) is 0 Å². The van der Waals surface area contributed by atoms with Gasteiger partial charge in [-0.2, -0.15) is 4.98 Å². The summed E-state index contributed by atoms with van der Waals surface area (Å²) in [6, 6.07) is 5.72. The molecule has 0 aliphatic heterocycles. The fourth-order valence-corrected chi connectivity index (χ4v) is 1.77. The van der Waals surface area contributed by atoms with Gasteiger partial charge in [0.15, 0.2) is 0 Å². The summed E-state index contributed by atoms with van der Waals surface area (Å²) in [6.45, 7) is 3.93.